The molecule has 0 fully saturated rings. The molecule has 1 aliphatic carbocycles. The van der Waals surface area contributed by atoms with Crippen LogP contribution >= 0.6 is 11.8 Å². The molecule has 0 bridgehead atoms. The number of ether oxygens (including phenoxy) is 1. The molecule has 0 saturated heterocycles. The molecule has 1 spiro atoms. The fourth-order valence-electron chi connectivity index (χ4n) is 1.70. The van der Waals surface area contributed by atoms with Crippen LogP contribution in [-0.4, -0.2) is 23.4 Å². The first-order valence-electron chi connectivity index (χ1n) is 4.95. The van der Waals surface area contributed by atoms with Crippen LogP contribution in [0.15, 0.2) is 35.6 Å². The predicted molar refractivity (Wildman–Crippen MR) is 62.8 cm³/mol. The summed E-state index contributed by atoms with van der Waals surface area (Å²) in [6.07, 6.45) is 8.42. The molecule has 1 heterocycles. The molecule has 0 aromatic carbocycles. The van der Waals surface area contributed by atoms with Crippen molar-refractivity contribution in [2.45, 2.75) is 18.1 Å². The van der Waals surface area contributed by atoms with Crippen LogP contribution in [-0.2, 0) is 9.53 Å². The second-order valence-corrected chi connectivity index (χ2v) is 5.19. The number of ketones is 1. The molecule has 0 aromatic heterocycles. The van der Waals surface area contributed by atoms with E-state index >= 15 is 0 Å². The van der Waals surface area contributed by atoms with E-state index < -0.39 is 0 Å². The highest BCUT2D eigenvalue weighted by atomic mass is 32.2. The van der Waals surface area contributed by atoms with Crippen LogP contribution in [0.3, 0.4) is 0 Å². The number of hydrogen-bond acceptors (Lipinski definition) is 3. The van der Waals surface area contributed by atoms with Gasteiger partial charge in [-0.15, -0.1) is 11.8 Å². The van der Waals surface area contributed by atoms with Crippen LogP contribution in [0.5, 0.6) is 0 Å². The molecule has 15 heavy (non-hydrogen) atoms. The van der Waals surface area contributed by atoms with Crippen LogP contribution in [0.25, 0.3) is 0 Å². The summed E-state index contributed by atoms with van der Waals surface area (Å²) in [5.41, 5.74) is 1.35. The van der Waals surface area contributed by atoms with E-state index in [1.165, 1.54) is 5.57 Å². The van der Waals surface area contributed by atoms with E-state index in [4.69, 9.17) is 4.74 Å². The molecule has 0 N–H and O–H groups in total. The topological polar surface area (TPSA) is 26.3 Å². The number of thioether (sulfide) groups is 1. The molecule has 3 heteroatoms. The van der Waals surface area contributed by atoms with Crippen molar-refractivity contribution in [3.63, 3.8) is 0 Å². The average Bonchev–Trinajstić information content (AvgIpc) is 2.26. The SMILES string of the molecule is COC1=CC(=O)C2(C=C1)CC=C(C)CS2. The first kappa shape index (κ1) is 10.6. The van der Waals surface area contributed by atoms with Crippen molar-refractivity contribution in [3.05, 3.63) is 35.6 Å². The molecular formula is C12H14O2S. The minimum Gasteiger partial charge on any atom is -0.497 e. The number of allylic oxidation sites excluding steroid dienone is 3. The van der Waals surface area contributed by atoms with Gasteiger partial charge in [0.25, 0.3) is 0 Å². The Bertz CT molecular complexity index is 379. The van der Waals surface area contributed by atoms with E-state index in [1.54, 1.807) is 24.9 Å². The summed E-state index contributed by atoms with van der Waals surface area (Å²) in [4.78, 5) is 12.0. The van der Waals surface area contributed by atoms with Gasteiger partial charge < -0.3 is 4.74 Å². The normalized spacial score (nSPS) is 30.1. The summed E-state index contributed by atoms with van der Waals surface area (Å²) >= 11 is 1.71. The summed E-state index contributed by atoms with van der Waals surface area (Å²) in [5, 5.41) is 0. The molecule has 1 aliphatic heterocycles. The molecule has 2 aliphatic rings. The summed E-state index contributed by atoms with van der Waals surface area (Å²) in [5.74, 6) is 1.74. The maximum absolute atomic E-state index is 12.0. The number of hydrogen-bond donors (Lipinski definition) is 0. The van der Waals surface area contributed by atoms with Crippen molar-refractivity contribution < 1.29 is 9.53 Å². The second-order valence-electron chi connectivity index (χ2n) is 3.88. The summed E-state index contributed by atoms with van der Waals surface area (Å²) < 4.78 is 4.69. The quantitative estimate of drug-likeness (QED) is 0.638. The van der Waals surface area contributed by atoms with Crippen LogP contribution in [0.4, 0.5) is 0 Å². The van der Waals surface area contributed by atoms with Gasteiger partial charge in [0.05, 0.1) is 7.11 Å². The standard InChI is InChI=1S/C12H14O2S/c1-9-3-5-12(15-8-9)6-4-10(14-2)7-11(12)13/h3-4,6-7H,5,8H2,1-2H3. The Kier molecular flexibility index (Phi) is 2.74. The molecule has 1 unspecified atom stereocenters. The molecule has 1 atom stereocenters. The van der Waals surface area contributed by atoms with Crippen molar-refractivity contribution in [1.82, 2.24) is 0 Å². The van der Waals surface area contributed by atoms with Crippen LogP contribution < -0.4 is 0 Å². The second kappa shape index (κ2) is 3.89. The summed E-state index contributed by atoms with van der Waals surface area (Å²) in [7, 11) is 1.58. The highest BCUT2D eigenvalue weighted by Crippen LogP contribution is 2.40. The molecule has 0 aromatic rings. The molecule has 0 saturated carbocycles. The lowest BCUT2D eigenvalue weighted by Crippen LogP contribution is -2.35. The maximum Gasteiger partial charge on any atom is 0.179 e. The highest BCUT2D eigenvalue weighted by molar-refractivity contribution is 8.01. The van der Waals surface area contributed by atoms with Crippen molar-refractivity contribution >= 4 is 17.5 Å². The van der Waals surface area contributed by atoms with Gasteiger partial charge in [-0.2, -0.15) is 0 Å². The van der Waals surface area contributed by atoms with Crippen molar-refractivity contribution in [1.29, 1.82) is 0 Å². The Labute approximate surface area is 94.1 Å². The molecule has 2 nitrogen and oxygen atoms in total. The van der Waals surface area contributed by atoms with Crippen molar-refractivity contribution in [2.75, 3.05) is 12.9 Å². The third kappa shape index (κ3) is 1.88. The van der Waals surface area contributed by atoms with E-state index in [1.807, 2.05) is 12.2 Å². The van der Waals surface area contributed by atoms with E-state index in [9.17, 15) is 4.79 Å². The third-order valence-electron chi connectivity index (χ3n) is 2.75. The molecule has 2 rings (SSSR count). The zero-order valence-corrected chi connectivity index (χ0v) is 9.76. The highest BCUT2D eigenvalue weighted by Gasteiger charge is 2.38. The van der Waals surface area contributed by atoms with Gasteiger partial charge in [-0.05, 0) is 19.4 Å². The first-order valence-corrected chi connectivity index (χ1v) is 5.94. The predicted octanol–water partition coefficient (Wildman–Crippen LogP) is 2.48. The zero-order chi connectivity index (χ0) is 10.9. The van der Waals surface area contributed by atoms with Gasteiger partial charge in [-0.1, -0.05) is 17.7 Å². The number of carbonyl (C=O) groups is 1. The van der Waals surface area contributed by atoms with E-state index in [2.05, 4.69) is 13.0 Å². The lowest BCUT2D eigenvalue weighted by molar-refractivity contribution is -0.116. The molecule has 0 radical (unpaired) electrons. The first-order chi connectivity index (χ1) is 7.16. The average molecular weight is 222 g/mol. The Morgan fingerprint density at radius 1 is 1.53 bits per heavy atom. The van der Waals surface area contributed by atoms with Gasteiger partial charge in [-0.25, -0.2) is 0 Å². The molecule has 80 valence electrons. The van der Waals surface area contributed by atoms with Gasteiger partial charge in [0.15, 0.2) is 5.78 Å². The Balaban J connectivity index is 2.24. The van der Waals surface area contributed by atoms with Crippen LogP contribution in [0.1, 0.15) is 13.3 Å². The number of carbonyl (C=O) groups excluding carboxylic acids is 1. The summed E-state index contributed by atoms with van der Waals surface area (Å²) in [6.45, 7) is 2.10. The zero-order valence-electron chi connectivity index (χ0n) is 8.95. The smallest absolute Gasteiger partial charge is 0.179 e. The lowest BCUT2D eigenvalue weighted by Gasteiger charge is -2.32. The van der Waals surface area contributed by atoms with Gasteiger partial charge in [0.2, 0.25) is 0 Å². The minimum atomic E-state index is -0.360. The lowest BCUT2D eigenvalue weighted by atomic mass is 9.92. The Morgan fingerprint density at radius 3 is 2.87 bits per heavy atom. The van der Waals surface area contributed by atoms with Gasteiger partial charge in [0, 0.05) is 11.8 Å². The number of methoxy groups -OCH3 is 1. The van der Waals surface area contributed by atoms with Crippen molar-refractivity contribution in [2.24, 2.45) is 0 Å². The van der Waals surface area contributed by atoms with Gasteiger partial charge >= 0.3 is 0 Å². The maximum atomic E-state index is 12.0. The van der Waals surface area contributed by atoms with E-state index in [0.29, 0.717) is 5.76 Å². The van der Waals surface area contributed by atoms with E-state index in [-0.39, 0.29) is 10.5 Å². The molecule has 0 amide bonds. The van der Waals surface area contributed by atoms with E-state index in [0.717, 1.165) is 12.2 Å². The fraction of sp³-hybridized carbons (Fsp3) is 0.417. The van der Waals surface area contributed by atoms with Gasteiger partial charge in [-0.3, -0.25) is 4.79 Å². The fourth-order valence-corrected chi connectivity index (χ4v) is 2.87. The Hall–Kier alpha value is -0.960. The molecular weight excluding hydrogens is 208 g/mol. The monoisotopic (exact) mass is 222 g/mol. The summed E-state index contributed by atoms with van der Waals surface area (Å²) in [6, 6.07) is 0. The van der Waals surface area contributed by atoms with Crippen LogP contribution in [0, 0.1) is 0 Å². The third-order valence-corrected chi connectivity index (χ3v) is 4.37. The number of rotatable bonds is 1. The Morgan fingerprint density at radius 2 is 2.33 bits per heavy atom. The van der Waals surface area contributed by atoms with Crippen LogP contribution in [0.2, 0.25) is 0 Å². The van der Waals surface area contributed by atoms with Crippen molar-refractivity contribution in [3.8, 4) is 0 Å². The van der Waals surface area contributed by atoms with Gasteiger partial charge in [0.1, 0.15) is 10.5 Å². The minimum absolute atomic E-state index is 0.149. The largest absolute Gasteiger partial charge is 0.497 e.